The number of aromatic nitrogens is 2. The van der Waals surface area contributed by atoms with Gasteiger partial charge in [-0.2, -0.15) is 0 Å². The van der Waals surface area contributed by atoms with Crippen LogP contribution in [0.5, 0.6) is 0 Å². The van der Waals surface area contributed by atoms with Gasteiger partial charge in [0.05, 0.1) is 11.6 Å². The standard InChI is InChI=1S/C16H14ClN5OS/c1-9-12(14(23)22-15-18-7-2-8-19-15)13(21-16(24)20-9)10-3-5-11(17)6-4-10/h2-8,13H,1H3,(H2,20,21,24)(H,18,19,22,23). The second-order valence-corrected chi connectivity index (χ2v) is 5.99. The van der Waals surface area contributed by atoms with Crippen molar-refractivity contribution in [2.75, 3.05) is 5.32 Å². The van der Waals surface area contributed by atoms with Gasteiger partial charge in [0.1, 0.15) is 0 Å². The van der Waals surface area contributed by atoms with Crippen LogP contribution < -0.4 is 16.0 Å². The van der Waals surface area contributed by atoms with Crippen LogP contribution in [0, 0.1) is 0 Å². The van der Waals surface area contributed by atoms with Gasteiger partial charge in [-0.25, -0.2) is 9.97 Å². The van der Waals surface area contributed by atoms with Crippen LogP contribution in [0.4, 0.5) is 5.95 Å². The molecule has 6 nitrogen and oxygen atoms in total. The lowest BCUT2D eigenvalue weighted by atomic mass is 9.95. The third-order valence-corrected chi connectivity index (χ3v) is 3.98. The quantitative estimate of drug-likeness (QED) is 0.731. The number of carbonyl (C=O) groups is 1. The number of rotatable bonds is 3. The van der Waals surface area contributed by atoms with Crippen LogP contribution in [0.3, 0.4) is 0 Å². The highest BCUT2D eigenvalue weighted by Gasteiger charge is 2.30. The van der Waals surface area contributed by atoms with Crippen LogP contribution in [-0.2, 0) is 4.79 Å². The number of amides is 1. The van der Waals surface area contributed by atoms with E-state index < -0.39 is 0 Å². The molecule has 0 bridgehead atoms. The predicted octanol–water partition coefficient (Wildman–Crippen LogP) is 2.56. The van der Waals surface area contributed by atoms with Crippen molar-refractivity contribution < 1.29 is 4.79 Å². The molecule has 0 aliphatic carbocycles. The fourth-order valence-electron chi connectivity index (χ4n) is 2.43. The highest BCUT2D eigenvalue weighted by atomic mass is 35.5. The predicted molar refractivity (Wildman–Crippen MR) is 96.4 cm³/mol. The summed E-state index contributed by atoms with van der Waals surface area (Å²) in [5.74, 6) is -0.0630. The Hall–Kier alpha value is -2.51. The van der Waals surface area contributed by atoms with Crippen molar-refractivity contribution in [2.45, 2.75) is 13.0 Å². The lowest BCUT2D eigenvalue weighted by molar-refractivity contribution is -0.113. The molecule has 1 aromatic carbocycles. The Morgan fingerprint density at radius 1 is 1.25 bits per heavy atom. The minimum Gasteiger partial charge on any atom is -0.351 e. The molecular formula is C16H14ClN5OS. The molecule has 1 amide bonds. The molecule has 2 aromatic rings. The number of anilines is 1. The molecule has 1 atom stereocenters. The summed E-state index contributed by atoms with van der Waals surface area (Å²) >= 11 is 11.2. The third-order valence-electron chi connectivity index (χ3n) is 3.51. The zero-order valence-corrected chi connectivity index (χ0v) is 14.3. The van der Waals surface area contributed by atoms with E-state index in [4.69, 9.17) is 23.8 Å². The van der Waals surface area contributed by atoms with Gasteiger partial charge in [0.25, 0.3) is 5.91 Å². The van der Waals surface area contributed by atoms with E-state index in [0.717, 1.165) is 5.56 Å². The number of nitrogens with zero attached hydrogens (tertiary/aromatic N) is 2. The van der Waals surface area contributed by atoms with Crippen molar-refractivity contribution in [2.24, 2.45) is 0 Å². The fraction of sp³-hybridized carbons (Fsp3) is 0.125. The number of hydrogen-bond donors (Lipinski definition) is 3. The third kappa shape index (κ3) is 3.52. The van der Waals surface area contributed by atoms with E-state index in [9.17, 15) is 4.79 Å². The van der Waals surface area contributed by atoms with Gasteiger partial charge in [-0.05, 0) is 42.9 Å². The van der Waals surface area contributed by atoms with Crippen LogP contribution in [0.2, 0.25) is 5.02 Å². The number of carbonyl (C=O) groups excluding carboxylic acids is 1. The molecule has 3 N–H and O–H groups in total. The Morgan fingerprint density at radius 2 is 1.92 bits per heavy atom. The van der Waals surface area contributed by atoms with Gasteiger partial charge in [0.2, 0.25) is 5.95 Å². The topological polar surface area (TPSA) is 78.9 Å². The summed E-state index contributed by atoms with van der Waals surface area (Å²) in [4.78, 5) is 20.8. The van der Waals surface area contributed by atoms with E-state index in [1.807, 2.05) is 12.1 Å². The van der Waals surface area contributed by atoms with Crippen molar-refractivity contribution in [3.63, 3.8) is 0 Å². The molecule has 1 aromatic heterocycles. The number of nitrogens with one attached hydrogen (secondary N) is 3. The van der Waals surface area contributed by atoms with Gasteiger partial charge in [0, 0.05) is 23.1 Å². The molecule has 24 heavy (non-hydrogen) atoms. The molecular weight excluding hydrogens is 346 g/mol. The van der Waals surface area contributed by atoms with Crippen LogP contribution in [0.15, 0.2) is 54.0 Å². The normalized spacial score (nSPS) is 17.1. The van der Waals surface area contributed by atoms with Crippen molar-refractivity contribution >= 4 is 40.8 Å². The first kappa shape index (κ1) is 16.4. The zero-order valence-electron chi connectivity index (χ0n) is 12.7. The number of hydrogen-bond acceptors (Lipinski definition) is 4. The molecule has 0 saturated carbocycles. The van der Waals surface area contributed by atoms with Crippen LogP contribution in [0.25, 0.3) is 0 Å². The van der Waals surface area contributed by atoms with Gasteiger partial charge in [0.15, 0.2) is 5.11 Å². The van der Waals surface area contributed by atoms with Crippen molar-refractivity contribution in [1.82, 2.24) is 20.6 Å². The summed E-state index contributed by atoms with van der Waals surface area (Å²) in [6.45, 7) is 1.80. The maximum atomic E-state index is 12.7. The summed E-state index contributed by atoms with van der Waals surface area (Å²) in [7, 11) is 0. The number of halogens is 1. The molecule has 0 spiro atoms. The number of allylic oxidation sites excluding steroid dienone is 1. The van der Waals surface area contributed by atoms with Gasteiger partial charge in [-0.1, -0.05) is 23.7 Å². The van der Waals surface area contributed by atoms with E-state index >= 15 is 0 Å². The second-order valence-electron chi connectivity index (χ2n) is 5.15. The fourth-order valence-corrected chi connectivity index (χ4v) is 2.83. The van der Waals surface area contributed by atoms with E-state index in [1.165, 1.54) is 0 Å². The number of thiocarbonyl (C=S) groups is 1. The van der Waals surface area contributed by atoms with E-state index in [-0.39, 0.29) is 17.9 Å². The Kier molecular flexibility index (Phi) is 4.73. The Morgan fingerprint density at radius 3 is 2.58 bits per heavy atom. The molecule has 2 heterocycles. The van der Waals surface area contributed by atoms with Gasteiger partial charge in [-0.15, -0.1) is 0 Å². The van der Waals surface area contributed by atoms with Crippen LogP contribution in [0.1, 0.15) is 18.5 Å². The van der Waals surface area contributed by atoms with Crippen molar-refractivity contribution in [3.8, 4) is 0 Å². The maximum Gasteiger partial charge on any atom is 0.258 e. The lowest BCUT2D eigenvalue weighted by Gasteiger charge is -2.30. The van der Waals surface area contributed by atoms with Gasteiger partial charge < -0.3 is 10.6 Å². The highest BCUT2D eigenvalue weighted by Crippen LogP contribution is 2.28. The Bertz CT molecular complexity index is 807. The van der Waals surface area contributed by atoms with Crippen molar-refractivity contribution in [3.05, 3.63) is 64.6 Å². The molecule has 122 valence electrons. The number of benzene rings is 1. The summed E-state index contributed by atoms with van der Waals surface area (Å²) < 4.78 is 0. The summed E-state index contributed by atoms with van der Waals surface area (Å²) in [5, 5.41) is 9.88. The Labute approximate surface area is 149 Å². The largest absolute Gasteiger partial charge is 0.351 e. The molecule has 3 rings (SSSR count). The smallest absolute Gasteiger partial charge is 0.258 e. The van der Waals surface area contributed by atoms with Crippen LogP contribution >= 0.6 is 23.8 Å². The molecule has 8 heteroatoms. The SMILES string of the molecule is CC1=C(C(=O)Nc2ncccn2)C(c2ccc(Cl)cc2)NC(=S)N1. The molecule has 1 aliphatic heterocycles. The van der Waals surface area contributed by atoms with Gasteiger partial charge in [-0.3, -0.25) is 10.1 Å². The maximum absolute atomic E-state index is 12.7. The first-order valence-electron chi connectivity index (χ1n) is 7.16. The summed E-state index contributed by atoms with van der Waals surface area (Å²) in [5.41, 5.74) is 2.06. The first-order chi connectivity index (χ1) is 11.5. The molecule has 0 saturated heterocycles. The van der Waals surface area contributed by atoms with E-state index in [1.54, 1.807) is 37.5 Å². The second kappa shape index (κ2) is 6.94. The van der Waals surface area contributed by atoms with E-state index in [0.29, 0.717) is 21.4 Å². The highest BCUT2D eigenvalue weighted by molar-refractivity contribution is 7.80. The minimum absolute atomic E-state index is 0.241. The molecule has 1 unspecified atom stereocenters. The molecule has 0 radical (unpaired) electrons. The van der Waals surface area contributed by atoms with Gasteiger partial charge >= 0.3 is 0 Å². The average Bonchev–Trinajstić information content (AvgIpc) is 2.55. The monoisotopic (exact) mass is 359 g/mol. The minimum atomic E-state index is -0.389. The summed E-state index contributed by atoms with van der Waals surface area (Å²) in [6, 6.07) is 8.54. The summed E-state index contributed by atoms with van der Waals surface area (Å²) in [6.07, 6.45) is 3.13. The zero-order chi connectivity index (χ0) is 17.1. The van der Waals surface area contributed by atoms with Crippen LogP contribution in [-0.4, -0.2) is 21.0 Å². The average molecular weight is 360 g/mol. The first-order valence-corrected chi connectivity index (χ1v) is 7.95. The Balaban J connectivity index is 1.94. The van der Waals surface area contributed by atoms with Crippen molar-refractivity contribution in [1.29, 1.82) is 0 Å². The molecule has 1 aliphatic rings. The lowest BCUT2D eigenvalue weighted by Crippen LogP contribution is -2.45. The van der Waals surface area contributed by atoms with E-state index in [2.05, 4.69) is 25.9 Å². The molecule has 0 fully saturated rings.